The summed E-state index contributed by atoms with van der Waals surface area (Å²) in [6.07, 6.45) is 0. The number of rotatable bonds is 5. The molecule has 2 unspecified atom stereocenters. The summed E-state index contributed by atoms with van der Waals surface area (Å²) >= 11 is 5.97. The number of hydrogen-bond acceptors (Lipinski definition) is 3. The minimum absolute atomic E-state index is 0.173. The molecule has 0 aromatic heterocycles. The summed E-state index contributed by atoms with van der Waals surface area (Å²) in [5, 5.41) is 7.58. The van der Waals surface area contributed by atoms with E-state index in [-0.39, 0.29) is 6.04 Å². The van der Waals surface area contributed by atoms with E-state index in [1.807, 2.05) is 24.3 Å². The van der Waals surface area contributed by atoms with Crippen molar-refractivity contribution in [3.05, 3.63) is 34.9 Å². The molecule has 1 saturated heterocycles. The number of halogens is 1. The van der Waals surface area contributed by atoms with Crippen LogP contribution in [0.25, 0.3) is 0 Å². The van der Waals surface area contributed by atoms with E-state index in [9.17, 15) is 0 Å². The van der Waals surface area contributed by atoms with E-state index in [1.165, 1.54) is 5.56 Å². The van der Waals surface area contributed by atoms with E-state index in [2.05, 4.69) is 48.4 Å². The first-order valence-electron chi connectivity index (χ1n) is 8.68. The van der Waals surface area contributed by atoms with E-state index in [1.54, 1.807) is 0 Å². The van der Waals surface area contributed by atoms with Gasteiger partial charge in [0.25, 0.3) is 0 Å². The third kappa shape index (κ3) is 5.65. The first-order chi connectivity index (χ1) is 11.5. The Morgan fingerprint density at radius 3 is 2.67 bits per heavy atom. The molecule has 5 nitrogen and oxygen atoms in total. The minimum Gasteiger partial charge on any atom is -0.357 e. The number of aliphatic imine (C=N–C) groups is 1. The van der Waals surface area contributed by atoms with Gasteiger partial charge in [-0.25, -0.2) is 0 Å². The SMILES string of the molecule is CCNC(=NCC1CN(C)CCN1C)NC(C)c1ccc(Cl)cc1. The number of nitrogens with zero attached hydrogens (tertiary/aromatic N) is 3. The number of nitrogens with one attached hydrogen (secondary N) is 2. The van der Waals surface area contributed by atoms with Crippen LogP contribution in [0, 0.1) is 0 Å². The highest BCUT2D eigenvalue weighted by molar-refractivity contribution is 6.30. The van der Waals surface area contributed by atoms with Crippen LogP contribution >= 0.6 is 11.6 Å². The fourth-order valence-electron chi connectivity index (χ4n) is 2.86. The second-order valence-corrected chi connectivity index (χ2v) is 6.97. The Morgan fingerprint density at radius 2 is 2.00 bits per heavy atom. The maximum Gasteiger partial charge on any atom is 0.191 e. The van der Waals surface area contributed by atoms with Crippen LogP contribution in [0.2, 0.25) is 5.02 Å². The Balaban J connectivity index is 1.98. The van der Waals surface area contributed by atoms with E-state index >= 15 is 0 Å². The van der Waals surface area contributed by atoms with Crippen LogP contribution < -0.4 is 10.6 Å². The molecule has 6 heteroatoms. The highest BCUT2D eigenvalue weighted by atomic mass is 35.5. The lowest BCUT2D eigenvalue weighted by Crippen LogP contribution is -2.51. The summed E-state index contributed by atoms with van der Waals surface area (Å²) in [6, 6.07) is 8.58. The zero-order chi connectivity index (χ0) is 17.5. The van der Waals surface area contributed by atoms with Crippen LogP contribution in [0.15, 0.2) is 29.3 Å². The van der Waals surface area contributed by atoms with Gasteiger partial charge in [0.05, 0.1) is 12.6 Å². The molecule has 1 fully saturated rings. The number of guanidine groups is 1. The number of hydrogen-bond donors (Lipinski definition) is 2. The van der Waals surface area contributed by atoms with Crippen LogP contribution in [0.3, 0.4) is 0 Å². The summed E-state index contributed by atoms with van der Waals surface area (Å²) in [7, 11) is 4.36. The molecule has 1 aromatic rings. The molecule has 134 valence electrons. The van der Waals surface area contributed by atoms with Crippen LogP contribution in [0.5, 0.6) is 0 Å². The van der Waals surface area contributed by atoms with Gasteiger partial charge in [0.2, 0.25) is 0 Å². The van der Waals surface area contributed by atoms with E-state index < -0.39 is 0 Å². The second kappa shape index (κ2) is 9.25. The van der Waals surface area contributed by atoms with Gasteiger partial charge in [0.1, 0.15) is 0 Å². The second-order valence-electron chi connectivity index (χ2n) is 6.53. The van der Waals surface area contributed by atoms with Gasteiger partial charge in [0, 0.05) is 37.2 Å². The maximum atomic E-state index is 5.97. The largest absolute Gasteiger partial charge is 0.357 e. The number of likely N-dealkylation sites (N-methyl/N-ethyl adjacent to an activating group) is 2. The van der Waals surface area contributed by atoms with Crippen LogP contribution in [-0.4, -0.2) is 68.6 Å². The van der Waals surface area contributed by atoms with E-state index in [4.69, 9.17) is 16.6 Å². The lowest BCUT2D eigenvalue weighted by atomic mass is 10.1. The molecule has 2 rings (SSSR count). The third-order valence-electron chi connectivity index (χ3n) is 4.51. The van der Waals surface area contributed by atoms with E-state index in [0.717, 1.165) is 43.7 Å². The standard InChI is InChI=1S/C18H30ClN5/c1-5-20-18(21-12-17-13-23(3)10-11-24(17)4)22-14(2)15-6-8-16(19)9-7-15/h6-9,14,17H,5,10-13H2,1-4H3,(H2,20,21,22). The normalized spacial score (nSPS) is 21.5. The smallest absolute Gasteiger partial charge is 0.191 e. The molecular formula is C18H30ClN5. The van der Waals surface area contributed by atoms with Crippen molar-refractivity contribution in [2.24, 2.45) is 4.99 Å². The molecule has 0 bridgehead atoms. The molecule has 0 amide bonds. The summed E-state index contributed by atoms with van der Waals surface area (Å²) in [5.74, 6) is 0.863. The molecular weight excluding hydrogens is 322 g/mol. The predicted octanol–water partition coefficient (Wildman–Crippen LogP) is 2.20. The summed E-state index contributed by atoms with van der Waals surface area (Å²) < 4.78 is 0. The van der Waals surface area contributed by atoms with Crippen molar-refractivity contribution in [1.29, 1.82) is 0 Å². The van der Waals surface area contributed by atoms with Crippen molar-refractivity contribution in [3.63, 3.8) is 0 Å². The van der Waals surface area contributed by atoms with Crippen molar-refractivity contribution < 1.29 is 0 Å². The van der Waals surface area contributed by atoms with Gasteiger partial charge in [0.15, 0.2) is 5.96 Å². The van der Waals surface area contributed by atoms with Crippen molar-refractivity contribution in [3.8, 4) is 0 Å². The van der Waals surface area contributed by atoms with Crippen molar-refractivity contribution >= 4 is 17.6 Å². The quantitative estimate of drug-likeness (QED) is 0.630. The van der Waals surface area contributed by atoms with Gasteiger partial charge in [-0.2, -0.15) is 0 Å². The van der Waals surface area contributed by atoms with Gasteiger partial charge in [-0.1, -0.05) is 23.7 Å². The van der Waals surface area contributed by atoms with Crippen LogP contribution in [0.4, 0.5) is 0 Å². The number of piperazine rings is 1. The fraction of sp³-hybridized carbons (Fsp3) is 0.611. The molecule has 0 radical (unpaired) electrons. The van der Waals surface area contributed by atoms with Gasteiger partial charge >= 0.3 is 0 Å². The summed E-state index contributed by atoms with van der Waals surface area (Å²) in [4.78, 5) is 9.58. The molecule has 1 aliphatic rings. The third-order valence-corrected chi connectivity index (χ3v) is 4.76. The summed E-state index contributed by atoms with van der Waals surface area (Å²) in [5.41, 5.74) is 1.19. The average Bonchev–Trinajstić information content (AvgIpc) is 2.56. The monoisotopic (exact) mass is 351 g/mol. The molecule has 24 heavy (non-hydrogen) atoms. The fourth-order valence-corrected chi connectivity index (χ4v) is 2.98. The molecule has 1 aliphatic heterocycles. The molecule has 0 saturated carbocycles. The summed E-state index contributed by atoms with van der Waals surface area (Å²) in [6.45, 7) is 9.15. The molecule has 2 atom stereocenters. The van der Waals surface area contributed by atoms with Crippen LogP contribution in [0.1, 0.15) is 25.5 Å². The van der Waals surface area contributed by atoms with E-state index in [0.29, 0.717) is 6.04 Å². The Kier molecular flexibility index (Phi) is 7.34. The Morgan fingerprint density at radius 1 is 1.29 bits per heavy atom. The van der Waals surface area contributed by atoms with Gasteiger partial charge in [-0.05, 0) is 45.6 Å². The highest BCUT2D eigenvalue weighted by Crippen LogP contribution is 2.16. The average molecular weight is 352 g/mol. The molecule has 1 aromatic carbocycles. The Hall–Kier alpha value is -1.30. The van der Waals surface area contributed by atoms with Crippen molar-refractivity contribution in [1.82, 2.24) is 20.4 Å². The zero-order valence-electron chi connectivity index (χ0n) is 15.2. The number of benzene rings is 1. The topological polar surface area (TPSA) is 42.9 Å². The highest BCUT2D eigenvalue weighted by Gasteiger charge is 2.21. The first kappa shape index (κ1) is 19.0. The lowest BCUT2D eigenvalue weighted by Gasteiger charge is -2.37. The Bertz CT molecular complexity index is 531. The maximum absolute atomic E-state index is 5.97. The molecule has 1 heterocycles. The minimum atomic E-state index is 0.173. The lowest BCUT2D eigenvalue weighted by molar-refractivity contribution is 0.119. The zero-order valence-corrected chi connectivity index (χ0v) is 16.0. The van der Waals surface area contributed by atoms with Gasteiger partial charge in [-0.3, -0.25) is 9.89 Å². The molecule has 2 N–H and O–H groups in total. The van der Waals surface area contributed by atoms with Crippen molar-refractivity contribution in [2.75, 3.05) is 46.8 Å². The first-order valence-corrected chi connectivity index (χ1v) is 9.06. The van der Waals surface area contributed by atoms with Crippen molar-refractivity contribution in [2.45, 2.75) is 25.9 Å². The predicted molar refractivity (Wildman–Crippen MR) is 103 cm³/mol. The van der Waals surface area contributed by atoms with Crippen LogP contribution in [-0.2, 0) is 0 Å². The van der Waals surface area contributed by atoms with Gasteiger partial charge in [-0.15, -0.1) is 0 Å². The van der Waals surface area contributed by atoms with Gasteiger partial charge < -0.3 is 15.5 Å². The molecule has 0 aliphatic carbocycles. The molecule has 0 spiro atoms. The Labute approximate surface area is 151 Å².